The van der Waals surface area contributed by atoms with Gasteiger partial charge in [0, 0.05) is 18.3 Å². The van der Waals surface area contributed by atoms with Crippen LogP contribution in [-0.2, 0) is 16.6 Å². The van der Waals surface area contributed by atoms with Gasteiger partial charge in [-0.05, 0) is 26.7 Å². The van der Waals surface area contributed by atoms with Crippen molar-refractivity contribution in [1.82, 2.24) is 14.1 Å². The maximum Gasteiger partial charge on any atom is 0.246 e. The standard InChI is InChI=1S/C12H21N3O3S/c1-10-4-3-5-11(2)15(10)19(17,18)12-8-13-14(9-12)6-7-16/h8-11,16H,3-7H2,1-2H3/t10-,11+. The summed E-state index contributed by atoms with van der Waals surface area (Å²) in [5.41, 5.74) is 0. The monoisotopic (exact) mass is 287 g/mol. The Morgan fingerprint density at radius 1 is 1.37 bits per heavy atom. The van der Waals surface area contributed by atoms with E-state index in [0.29, 0.717) is 6.54 Å². The third-order valence-electron chi connectivity index (χ3n) is 3.63. The van der Waals surface area contributed by atoms with Crippen LogP contribution in [0.25, 0.3) is 0 Å². The van der Waals surface area contributed by atoms with Gasteiger partial charge in [0.25, 0.3) is 0 Å². The Labute approximate surface area is 114 Å². The van der Waals surface area contributed by atoms with Crippen molar-refractivity contribution in [1.29, 1.82) is 0 Å². The van der Waals surface area contributed by atoms with Crippen molar-refractivity contribution < 1.29 is 13.5 Å². The Bertz CT molecular complexity index is 516. The van der Waals surface area contributed by atoms with Gasteiger partial charge < -0.3 is 5.11 Å². The molecule has 0 radical (unpaired) electrons. The van der Waals surface area contributed by atoms with Crippen LogP contribution in [0.4, 0.5) is 0 Å². The molecule has 1 fully saturated rings. The highest BCUT2D eigenvalue weighted by Gasteiger charge is 2.36. The van der Waals surface area contributed by atoms with E-state index in [1.165, 1.54) is 17.1 Å². The number of rotatable bonds is 4. The van der Waals surface area contributed by atoms with Crippen molar-refractivity contribution >= 4 is 10.0 Å². The first kappa shape index (κ1) is 14.5. The molecule has 19 heavy (non-hydrogen) atoms. The average Bonchev–Trinajstić information content (AvgIpc) is 2.78. The number of aromatic nitrogens is 2. The highest BCUT2D eigenvalue weighted by molar-refractivity contribution is 7.89. The summed E-state index contributed by atoms with van der Waals surface area (Å²) >= 11 is 0. The van der Waals surface area contributed by atoms with Crippen LogP contribution in [0.2, 0.25) is 0 Å². The van der Waals surface area contributed by atoms with Gasteiger partial charge in [0.05, 0.1) is 19.3 Å². The summed E-state index contributed by atoms with van der Waals surface area (Å²) < 4.78 is 28.3. The minimum atomic E-state index is -3.49. The molecule has 108 valence electrons. The third-order valence-corrected chi connectivity index (χ3v) is 5.71. The molecule has 0 aromatic carbocycles. The van der Waals surface area contributed by atoms with E-state index in [1.54, 1.807) is 4.31 Å². The van der Waals surface area contributed by atoms with E-state index in [4.69, 9.17) is 5.11 Å². The highest BCUT2D eigenvalue weighted by atomic mass is 32.2. The predicted molar refractivity (Wildman–Crippen MR) is 71.1 cm³/mol. The summed E-state index contributed by atoms with van der Waals surface area (Å²) in [6.45, 7) is 4.15. The lowest BCUT2D eigenvalue weighted by atomic mass is 10.0. The number of aliphatic hydroxyl groups is 1. The molecule has 0 saturated carbocycles. The molecular weight excluding hydrogens is 266 g/mol. The summed E-state index contributed by atoms with van der Waals surface area (Å²) in [5.74, 6) is 0. The quantitative estimate of drug-likeness (QED) is 0.890. The van der Waals surface area contributed by atoms with Gasteiger partial charge in [0.15, 0.2) is 0 Å². The summed E-state index contributed by atoms with van der Waals surface area (Å²) in [6, 6.07) is 0.0462. The maximum absolute atomic E-state index is 12.6. The van der Waals surface area contributed by atoms with Crippen molar-refractivity contribution in [2.45, 2.75) is 56.6 Å². The Morgan fingerprint density at radius 3 is 2.58 bits per heavy atom. The van der Waals surface area contributed by atoms with Crippen molar-refractivity contribution in [3.63, 3.8) is 0 Å². The Kier molecular flexibility index (Phi) is 4.27. The zero-order chi connectivity index (χ0) is 14.0. The van der Waals surface area contributed by atoms with E-state index in [2.05, 4.69) is 5.10 Å². The lowest BCUT2D eigenvalue weighted by molar-refractivity contribution is 0.204. The second-order valence-corrected chi connectivity index (χ2v) is 6.97. The van der Waals surface area contributed by atoms with Gasteiger partial charge in [0.2, 0.25) is 10.0 Å². The summed E-state index contributed by atoms with van der Waals surface area (Å²) in [7, 11) is -3.49. The topological polar surface area (TPSA) is 75.4 Å². The fourth-order valence-corrected chi connectivity index (χ4v) is 4.53. The van der Waals surface area contributed by atoms with E-state index in [1.807, 2.05) is 13.8 Å². The van der Waals surface area contributed by atoms with Crippen LogP contribution in [-0.4, -0.2) is 46.3 Å². The smallest absolute Gasteiger partial charge is 0.246 e. The van der Waals surface area contributed by atoms with Gasteiger partial charge >= 0.3 is 0 Å². The van der Waals surface area contributed by atoms with Gasteiger partial charge in [-0.2, -0.15) is 9.40 Å². The first-order valence-corrected chi connectivity index (χ1v) is 8.07. The van der Waals surface area contributed by atoms with E-state index in [9.17, 15) is 8.42 Å². The number of nitrogens with zero attached hydrogens (tertiary/aromatic N) is 3. The zero-order valence-corrected chi connectivity index (χ0v) is 12.2. The fraction of sp³-hybridized carbons (Fsp3) is 0.750. The minimum absolute atomic E-state index is 0.0231. The summed E-state index contributed by atoms with van der Waals surface area (Å²) in [6.07, 6.45) is 5.71. The van der Waals surface area contributed by atoms with Gasteiger partial charge in [-0.25, -0.2) is 8.42 Å². The lowest BCUT2D eigenvalue weighted by Crippen LogP contribution is -2.47. The van der Waals surface area contributed by atoms with Gasteiger partial charge in [-0.1, -0.05) is 6.42 Å². The molecule has 1 saturated heterocycles. The molecule has 1 aliphatic heterocycles. The summed E-state index contributed by atoms with van der Waals surface area (Å²) in [5, 5.41) is 12.8. The second-order valence-electron chi connectivity index (χ2n) is 5.13. The number of sulfonamides is 1. The number of aliphatic hydroxyl groups excluding tert-OH is 1. The molecule has 0 unspecified atom stereocenters. The van der Waals surface area contributed by atoms with Crippen molar-refractivity contribution in [2.24, 2.45) is 0 Å². The van der Waals surface area contributed by atoms with Gasteiger partial charge in [-0.3, -0.25) is 4.68 Å². The molecule has 0 bridgehead atoms. The predicted octanol–water partition coefficient (Wildman–Crippen LogP) is 0.827. The normalized spacial score (nSPS) is 25.6. The van der Waals surface area contributed by atoms with Crippen LogP contribution in [0.1, 0.15) is 33.1 Å². The van der Waals surface area contributed by atoms with Crippen LogP contribution in [0.3, 0.4) is 0 Å². The molecule has 1 aromatic heterocycles. The Balaban J connectivity index is 2.29. The average molecular weight is 287 g/mol. The van der Waals surface area contributed by atoms with Crippen LogP contribution in [0, 0.1) is 0 Å². The number of hydrogen-bond donors (Lipinski definition) is 1. The molecule has 0 aliphatic carbocycles. The van der Waals surface area contributed by atoms with Crippen LogP contribution >= 0.6 is 0 Å². The molecule has 2 rings (SSSR count). The molecule has 1 aliphatic rings. The van der Waals surface area contributed by atoms with Crippen LogP contribution < -0.4 is 0 Å². The molecular formula is C12H21N3O3S. The SMILES string of the molecule is C[C@@H]1CCC[C@H](C)N1S(=O)(=O)c1cnn(CCO)c1. The molecule has 0 spiro atoms. The summed E-state index contributed by atoms with van der Waals surface area (Å²) in [4.78, 5) is 0.210. The fourth-order valence-electron chi connectivity index (χ4n) is 2.70. The Hall–Kier alpha value is -0.920. The molecule has 1 N–H and O–H groups in total. The molecule has 0 amide bonds. The third kappa shape index (κ3) is 2.82. The second kappa shape index (κ2) is 5.60. The number of hydrogen-bond acceptors (Lipinski definition) is 4. The molecule has 1 aromatic rings. The maximum atomic E-state index is 12.6. The molecule has 7 heteroatoms. The van der Waals surface area contributed by atoms with Crippen molar-refractivity contribution in [3.8, 4) is 0 Å². The van der Waals surface area contributed by atoms with Crippen molar-refractivity contribution in [2.75, 3.05) is 6.61 Å². The lowest BCUT2D eigenvalue weighted by Gasteiger charge is -2.37. The van der Waals surface area contributed by atoms with Crippen LogP contribution in [0.15, 0.2) is 17.3 Å². The molecule has 2 atom stereocenters. The number of piperidine rings is 1. The first-order chi connectivity index (χ1) is 8.96. The van der Waals surface area contributed by atoms with Gasteiger partial charge in [0.1, 0.15) is 4.90 Å². The van der Waals surface area contributed by atoms with Crippen LogP contribution in [0.5, 0.6) is 0 Å². The molecule has 6 nitrogen and oxygen atoms in total. The minimum Gasteiger partial charge on any atom is -0.394 e. The van der Waals surface area contributed by atoms with E-state index in [-0.39, 0.29) is 23.6 Å². The van der Waals surface area contributed by atoms with E-state index in [0.717, 1.165) is 19.3 Å². The highest BCUT2D eigenvalue weighted by Crippen LogP contribution is 2.29. The first-order valence-electron chi connectivity index (χ1n) is 6.63. The Morgan fingerprint density at radius 2 is 2.00 bits per heavy atom. The zero-order valence-electron chi connectivity index (χ0n) is 11.4. The van der Waals surface area contributed by atoms with Crippen molar-refractivity contribution in [3.05, 3.63) is 12.4 Å². The van der Waals surface area contributed by atoms with E-state index >= 15 is 0 Å². The largest absolute Gasteiger partial charge is 0.394 e. The molecule has 2 heterocycles. The van der Waals surface area contributed by atoms with E-state index < -0.39 is 10.0 Å². The van der Waals surface area contributed by atoms with Gasteiger partial charge in [-0.15, -0.1) is 0 Å².